The molecule has 0 radical (unpaired) electrons. The van der Waals surface area contributed by atoms with E-state index in [9.17, 15) is 4.79 Å². The number of hydrogen-bond donors (Lipinski definition) is 3. The molecule has 0 aliphatic rings. The molecule has 0 spiro atoms. The maximum Gasteiger partial charge on any atom is 0.300 e. The monoisotopic (exact) mass is 241 g/mol. The van der Waals surface area contributed by atoms with Crippen molar-refractivity contribution in [2.75, 3.05) is 13.7 Å². The fraction of sp³-hybridized carbons (Fsp3) is 0.545. The number of hydrogen-bond acceptors (Lipinski definition) is 5. The number of likely N-dealkylation sites (N-methyl/N-ethyl adjacent to an activating group) is 1. The lowest BCUT2D eigenvalue weighted by Gasteiger charge is -2.22. The summed E-state index contributed by atoms with van der Waals surface area (Å²) in [5.41, 5.74) is 2.93. The second kappa shape index (κ2) is 5.81. The van der Waals surface area contributed by atoms with Crippen molar-refractivity contribution in [3.63, 3.8) is 0 Å². The zero-order valence-electron chi connectivity index (χ0n) is 10.4. The Morgan fingerprint density at radius 3 is 2.88 bits per heavy atom. The quantitative estimate of drug-likeness (QED) is 0.383. The third kappa shape index (κ3) is 3.29. The lowest BCUT2D eigenvalue weighted by atomic mass is 10.2. The van der Waals surface area contributed by atoms with Crippen LogP contribution in [0.1, 0.15) is 28.8 Å². The van der Waals surface area contributed by atoms with Crippen molar-refractivity contribution in [3.05, 3.63) is 23.2 Å². The van der Waals surface area contributed by atoms with Gasteiger partial charge in [-0.05, 0) is 27.0 Å². The Morgan fingerprint density at radius 1 is 1.71 bits per heavy atom. The predicted molar refractivity (Wildman–Crippen MR) is 63.1 cm³/mol. The van der Waals surface area contributed by atoms with Crippen molar-refractivity contribution in [1.82, 2.24) is 10.3 Å². The molecule has 1 amide bonds. The minimum Gasteiger partial charge on any atom is -0.456 e. The molecule has 0 aromatic carbocycles. The highest BCUT2D eigenvalue weighted by atomic mass is 16.4. The van der Waals surface area contributed by atoms with Crippen LogP contribution in [0.25, 0.3) is 0 Å². The molecular weight excluding hydrogens is 222 g/mol. The highest BCUT2D eigenvalue weighted by Crippen LogP contribution is 2.17. The molecule has 1 heterocycles. The van der Waals surface area contributed by atoms with Crippen LogP contribution in [0.4, 0.5) is 0 Å². The largest absolute Gasteiger partial charge is 0.456 e. The smallest absolute Gasteiger partial charge is 0.300 e. The summed E-state index contributed by atoms with van der Waals surface area (Å²) in [7, 11) is 1.90. The van der Waals surface area contributed by atoms with Gasteiger partial charge in [0.15, 0.2) is 5.76 Å². The molecule has 1 aromatic rings. The van der Waals surface area contributed by atoms with Crippen LogP contribution in [0.5, 0.6) is 0 Å². The summed E-state index contributed by atoms with van der Waals surface area (Å²) in [6.07, 6.45) is 0. The molecule has 4 N–H and O–H groups in total. The highest BCUT2D eigenvalue weighted by Gasteiger charge is 2.16. The molecule has 1 aromatic heterocycles. The van der Waals surface area contributed by atoms with Crippen LogP contribution in [0, 0.1) is 6.92 Å². The number of nitrogens with two attached hydrogens (primary N) is 1. The second-order valence-electron chi connectivity index (χ2n) is 4.11. The van der Waals surface area contributed by atoms with Gasteiger partial charge in [-0.15, -0.1) is 0 Å². The van der Waals surface area contributed by atoms with E-state index >= 15 is 0 Å². The number of amides is 1. The average molecular weight is 241 g/mol. The number of nitrogens with one attached hydrogen (secondary N) is 1. The van der Waals surface area contributed by atoms with Crippen LogP contribution < -0.4 is 11.3 Å². The number of hydrazine groups is 1. The van der Waals surface area contributed by atoms with E-state index in [0.29, 0.717) is 12.3 Å². The van der Waals surface area contributed by atoms with Gasteiger partial charge in [-0.25, -0.2) is 5.84 Å². The summed E-state index contributed by atoms with van der Waals surface area (Å²) in [5, 5.41) is 9.04. The van der Waals surface area contributed by atoms with Gasteiger partial charge < -0.3 is 9.52 Å². The molecule has 0 fully saturated rings. The van der Waals surface area contributed by atoms with E-state index in [1.165, 1.54) is 0 Å². The maximum atomic E-state index is 11.3. The van der Waals surface area contributed by atoms with Crippen LogP contribution in [0.2, 0.25) is 0 Å². The molecule has 0 bridgehead atoms. The van der Waals surface area contributed by atoms with E-state index in [1.54, 1.807) is 13.0 Å². The number of carbonyl (C=O) groups excluding carboxylic acids is 1. The summed E-state index contributed by atoms with van der Waals surface area (Å²) >= 11 is 0. The molecule has 1 unspecified atom stereocenters. The summed E-state index contributed by atoms with van der Waals surface area (Å²) in [5.74, 6) is 5.46. The average Bonchev–Trinajstić information content (AvgIpc) is 2.68. The Labute approximate surface area is 100 Å². The molecule has 1 rings (SSSR count). The summed E-state index contributed by atoms with van der Waals surface area (Å²) in [4.78, 5) is 13.2. The van der Waals surface area contributed by atoms with E-state index in [0.717, 1.165) is 5.56 Å². The summed E-state index contributed by atoms with van der Waals surface area (Å²) in [6, 6.07) is 1.72. The van der Waals surface area contributed by atoms with Gasteiger partial charge >= 0.3 is 5.91 Å². The number of furan rings is 1. The first-order chi connectivity index (χ1) is 7.99. The van der Waals surface area contributed by atoms with Gasteiger partial charge in [-0.3, -0.25) is 15.1 Å². The highest BCUT2D eigenvalue weighted by molar-refractivity contribution is 5.91. The van der Waals surface area contributed by atoms with E-state index < -0.39 is 5.91 Å². The first-order valence-electron chi connectivity index (χ1n) is 5.41. The third-order valence-electron chi connectivity index (χ3n) is 2.81. The molecule has 96 valence electrons. The van der Waals surface area contributed by atoms with Crippen LogP contribution in [0.15, 0.2) is 10.5 Å². The first-order valence-corrected chi connectivity index (χ1v) is 5.41. The zero-order valence-corrected chi connectivity index (χ0v) is 10.4. The zero-order chi connectivity index (χ0) is 13.0. The Kier molecular flexibility index (Phi) is 4.68. The summed E-state index contributed by atoms with van der Waals surface area (Å²) < 4.78 is 5.30. The topological polar surface area (TPSA) is 91.7 Å². The molecule has 6 nitrogen and oxygen atoms in total. The Bertz CT molecular complexity index is 389. The number of nitrogens with zero attached hydrogens (tertiary/aromatic N) is 1. The second-order valence-corrected chi connectivity index (χ2v) is 4.11. The van der Waals surface area contributed by atoms with Gasteiger partial charge in [0, 0.05) is 18.2 Å². The molecule has 6 heteroatoms. The van der Waals surface area contributed by atoms with E-state index in [2.05, 4.69) is 0 Å². The van der Waals surface area contributed by atoms with Crippen molar-refractivity contribution in [2.24, 2.45) is 5.84 Å². The molecule has 0 aliphatic carbocycles. The van der Waals surface area contributed by atoms with E-state index in [1.807, 2.05) is 24.3 Å². The predicted octanol–water partition coefficient (Wildman–Crippen LogP) is 0.00412. The Hall–Kier alpha value is -1.37. The van der Waals surface area contributed by atoms with Crippen LogP contribution in [-0.2, 0) is 6.54 Å². The molecule has 17 heavy (non-hydrogen) atoms. The van der Waals surface area contributed by atoms with E-state index in [4.69, 9.17) is 15.4 Å². The molecule has 0 saturated heterocycles. The first kappa shape index (κ1) is 13.7. The summed E-state index contributed by atoms with van der Waals surface area (Å²) in [6.45, 7) is 4.40. The van der Waals surface area contributed by atoms with Crippen molar-refractivity contribution >= 4 is 5.91 Å². The number of aliphatic hydroxyl groups excluding tert-OH is 1. The number of aryl methyl sites for hydroxylation is 1. The molecular formula is C11H19N3O3. The minimum atomic E-state index is -0.447. The van der Waals surface area contributed by atoms with Gasteiger partial charge in [0.05, 0.1) is 6.61 Å². The molecule has 0 aliphatic heterocycles. The van der Waals surface area contributed by atoms with Gasteiger partial charge in [0.1, 0.15) is 5.76 Å². The van der Waals surface area contributed by atoms with Crippen molar-refractivity contribution < 1.29 is 14.3 Å². The molecule has 0 saturated carbocycles. The van der Waals surface area contributed by atoms with Gasteiger partial charge in [-0.2, -0.15) is 0 Å². The SMILES string of the molecule is Cc1oc(C(=O)NN)cc1CN(C)C(C)CO. The Morgan fingerprint density at radius 2 is 2.35 bits per heavy atom. The molecule has 1 atom stereocenters. The third-order valence-corrected chi connectivity index (χ3v) is 2.81. The number of rotatable bonds is 5. The fourth-order valence-corrected chi connectivity index (χ4v) is 1.42. The van der Waals surface area contributed by atoms with Crippen molar-refractivity contribution in [1.29, 1.82) is 0 Å². The number of nitrogen functional groups attached to an aromatic ring is 1. The maximum absolute atomic E-state index is 11.3. The van der Waals surface area contributed by atoms with Crippen LogP contribution >= 0.6 is 0 Å². The lowest BCUT2D eigenvalue weighted by Crippen LogP contribution is -2.31. The van der Waals surface area contributed by atoms with Gasteiger partial charge in [-0.1, -0.05) is 0 Å². The van der Waals surface area contributed by atoms with Crippen molar-refractivity contribution in [3.8, 4) is 0 Å². The Balaban J connectivity index is 2.78. The normalized spacial score (nSPS) is 12.8. The van der Waals surface area contributed by atoms with Gasteiger partial charge in [0.25, 0.3) is 0 Å². The number of aliphatic hydroxyl groups is 1. The fourth-order valence-electron chi connectivity index (χ4n) is 1.42. The standard InChI is InChI=1S/C11H19N3O3/c1-7(6-15)14(3)5-9-4-10(11(16)13-12)17-8(9)2/h4,7,15H,5-6,12H2,1-3H3,(H,13,16). The lowest BCUT2D eigenvalue weighted by molar-refractivity contribution is 0.0924. The van der Waals surface area contributed by atoms with Crippen LogP contribution in [0.3, 0.4) is 0 Å². The van der Waals surface area contributed by atoms with Crippen LogP contribution in [-0.4, -0.2) is 35.6 Å². The van der Waals surface area contributed by atoms with Crippen molar-refractivity contribution in [2.45, 2.75) is 26.4 Å². The van der Waals surface area contributed by atoms with E-state index in [-0.39, 0.29) is 18.4 Å². The number of carbonyl (C=O) groups is 1. The minimum absolute atomic E-state index is 0.0519. The van der Waals surface area contributed by atoms with Gasteiger partial charge in [0.2, 0.25) is 0 Å².